The lowest BCUT2D eigenvalue weighted by Gasteiger charge is -2.26. The SMILES string of the molecule is O=C(Nc1nc(CC(=O)N2CCOCC2)cs1)c1ccccc1. The molecule has 23 heavy (non-hydrogen) atoms. The van der Waals surface area contributed by atoms with E-state index in [0.717, 1.165) is 0 Å². The molecule has 2 heterocycles. The first-order valence-corrected chi connectivity index (χ1v) is 8.26. The zero-order valence-electron chi connectivity index (χ0n) is 12.5. The third kappa shape index (κ3) is 4.14. The van der Waals surface area contributed by atoms with Gasteiger partial charge in [-0.15, -0.1) is 11.3 Å². The first-order chi connectivity index (χ1) is 11.2. The molecule has 0 aliphatic carbocycles. The molecule has 1 aromatic carbocycles. The fraction of sp³-hybridized carbons (Fsp3) is 0.312. The van der Waals surface area contributed by atoms with Gasteiger partial charge < -0.3 is 9.64 Å². The highest BCUT2D eigenvalue weighted by Crippen LogP contribution is 2.17. The van der Waals surface area contributed by atoms with Gasteiger partial charge in [0.15, 0.2) is 5.13 Å². The van der Waals surface area contributed by atoms with Crippen molar-refractivity contribution in [3.05, 3.63) is 47.0 Å². The van der Waals surface area contributed by atoms with Crippen LogP contribution in [0.2, 0.25) is 0 Å². The number of carbonyl (C=O) groups is 2. The summed E-state index contributed by atoms with van der Waals surface area (Å²) >= 11 is 1.32. The van der Waals surface area contributed by atoms with E-state index in [0.29, 0.717) is 42.7 Å². The number of carbonyl (C=O) groups excluding carboxylic acids is 2. The number of morpholine rings is 1. The molecule has 7 heteroatoms. The fourth-order valence-corrected chi connectivity index (χ4v) is 2.99. The fourth-order valence-electron chi connectivity index (χ4n) is 2.28. The van der Waals surface area contributed by atoms with E-state index in [4.69, 9.17) is 4.74 Å². The van der Waals surface area contributed by atoms with Crippen molar-refractivity contribution in [2.45, 2.75) is 6.42 Å². The van der Waals surface area contributed by atoms with Gasteiger partial charge in [0.2, 0.25) is 5.91 Å². The second kappa shape index (κ2) is 7.34. The Morgan fingerprint density at radius 1 is 1.22 bits per heavy atom. The maximum atomic E-state index is 12.2. The van der Waals surface area contributed by atoms with Crippen molar-refractivity contribution in [3.63, 3.8) is 0 Å². The van der Waals surface area contributed by atoms with Crippen LogP contribution in [-0.4, -0.2) is 48.0 Å². The number of ether oxygens (including phenoxy) is 1. The number of rotatable bonds is 4. The van der Waals surface area contributed by atoms with E-state index in [1.165, 1.54) is 11.3 Å². The molecule has 0 bridgehead atoms. The van der Waals surface area contributed by atoms with E-state index in [-0.39, 0.29) is 18.2 Å². The van der Waals surface area contributed by atoms with E-state index in [2.05, 4.69) is 10.3 Å². The topological polar surface area (TPSA) is 71.5 Å². The van der Waals surface area contributed by atoms with Crippen molar-refractivity contribution in [1.82, 2.24) is 9.88 Å². The average Bonchev–Trinajstić information content (AvgIpc) is 3.03. The number of benzene rings is 1. The van der Waals surface area contributed by atoms with Gasteiger partial charge in [-0.2, -0.15) is 0 Å². The van der Waals surface area contributed by atoms with Crippen LogP contribution in [0.4, 0.5) is 5.13 Å². The Kier molecular flexibility index (Phi) is 4.99. The molecule has 1 N–H and O–H groups in total. The van der Waals surface area contributed by atoms with Crippen LogP contribution in [0.1, 0.15) is 16.1 Å². The number of thiazole rings is 1. The summed E-state index contributed by atoms with van der Waals surface area (Å²) in [6.45, 7) is 2.42. The van der Waals surface area contributed by atoms with Crippen molar-refractivity contribution in [1.29, 1.82) is 0 Å². The first kappa shape index (κ1) is 15.6. The van der Waals surface area contributed by atoms with Crippen molar-refractivity contribution in [2.75, 3.05) is 31.6 Å². The molecule has 1 fully saturated rings. The van der Waals surface area contributed by atoms with Gasteiger partial charge in [0.1, 0.15) is 0 Å². The predicted octanol–water partition coefficient (Wildman–Crippen LogP) is 1.80. The third-order valence-electron chi connectivity index (χ3n) is 3.50. The van der Waals surface area contributed by atoms with Crippen LogP contribution in [0.15, 0.2) is 35.7 Å². The molecule has 1 aliphatic rings. The highest BCUT2D eigenvalue weighted by atomic mass is 32.1. The zero-order valence-corrected chi connectivity index (χ0v) is 13.3. The van der Waals surface area contributed by atoms with Gasteiger partial charge in [-0.3, -0.25) is 14.9 Å². The van der Waals surface area contributed by atoms with Gasteiger partial charge in [0, 0.05) is 24.0 Å². The molecule has 6 nitrogen and oxygen atoms in total. The number of amides is 2. The first-order valence-electron chi connectivity index (χ1n) is 7.39. The second-order valence-electron chi connectivity index (χ2n) is 5.13. The summed E-state index contributed by atoms with van der Waals surface area (Å²) in [6, 6.07) is 8.96. The van der Waals surface area contributed by atoms with Gasteiger partial charge in [0.05, 0.1) is 25.3 Å². The minimum absolute atomic E-state index is 0.0412. The van der Waals surface area contributed by atoms with Gasteiger partial charge in [0.25, 0.3) is 5.91 Å². The number of aromatic nitrogens is 1. The average molecular weight is 331 g/mol. The molecular weight excluding hydrogens is 314 g/mol. The molecule has 1 aromatic heterocycles. The Labute approximate surface area is 138 Å². The minimum atomic E-state index is -0.203. The highest BCUT2D eigenvalue weighted by molar-refractivity contribution is 7.14. The minimum Gasteiger partial charge on any atom is -0.378 e. The monoisotopic (exact) mass is 331 g/mol. The molecular formula is C16H17N3O3S. The molecule has 2 aromatic rings. The van der Waals surface area contributed by atoms with Crippen molar-refractivity contribution in [3.8, 4) is 0 Å². The number of nitrogens with one attached hydrogen (secondary N) is 1. The largest absolute Gasteiger partial charge is 0.378 e. The molecule has 0 unspecified atom stereocenters. The summed E-state index contributed by atoms with van der Waals surface area (Å²) < 4.78 is 5.24. The van der Waals surface area contributed by atoms with Crippen LogP contribution in [0.25, 0.3) is 0 Å². The molecule has 1 aliphatic heterocycles. The lowest BCUT2D eigenvalue weighted by molar-refractivity contribution is -0.134. The van der Waals surface area contributed by atoms with E-state index in [9.17, 15) is 9.59 Å². The van der Waals surface area contributed by atoms with Crippen molar-refractivity contribution in [2.24, 2.45) is 0 Å². The zero-order chi connectivity index (χ0) is 16.1. The molecule has 120 valence electrons. The van der Waals surface area contributed by atoms with Crippen LogP contribution >= 0.6 is 11.3 Å². The van der Waals surface area contributed by atoms with E-state index < -0.39 is 0 Å². The summed E-state index contributed by atoms with van der Waals surface area (Å²) in [5.74, 6) is -0.162. The van der Waals surface area contributed by atoms with Crippen LogP contribution in [0.3, 0.4) is 0 Å². The van der Waals surface area contributed by atoms with Gasteiger partial charge >= 0.3 is 0 Å². The van der Waals surface area contributed by atoms with Crippen molar-refractivity contribution < 1.29 is 14.3 Å². The summed E-state index contributed by atoms with van der Waals surface area (Å²) in [4.78, 5) is 30.3. The lowest BCUT2D eigenvalue weighted by atomic mass is 10.2. The maximum Gasteiger partial charge on any atom is 0.257 e. The molecule has 0 atom stereocenters. The summed E-state index contributed by atoms with van der Waals surface area (Å²) in [6.07, 6.45) is 0.248. The van der Waals surface area contributed by atoms with Gasteiger partial charge in [-0.1, -0.05) is 18.2 Å². The summed E-state index contributed by atoms with van der Waals surface area (Å²) in [7, 11) is 0. The van der Waals surface area contributed by atoms with Crippen molar-refractivity contribution >= 4 is 28.3 Å². The van der Waals surface area contributed by atoms with Gasteiger partial charge in [-0.05, 0) is 12.1 Å². The summed E-state index contributed by atoms with van der Waals surface area (Å²) in [5, 5.41) is 5.06. The van der Waals surface area contributed by atoms with Crippen LogP contribution < -0.4 is 5.32 Å². The number of hydrogen-bond donors (Lipinski definition) is 1. The lowest BCUT2D eigenvalue weighted by Crippen LogP contribution is -2.41. The van der Waals surface area contributed by atoms with E-state index >= 15 is 0 Å². The summed E-state index contributed by atoms with van der Waals surface area (Å²) in [5.41, 5.74) is 1.25. The molecule has 0 radical (unpaired) electrons. The number of hydrogen-bond acceptors (Lipinski definition) is 5. The number of anilines is 1. The molecule has 0 spiro atoms. The maximum absolute atomic E-state index is 12.2. The Morgan fingerprint density at radius 3 is 2.70 bits per heavy atom. The van der Waals surface area contributed by atoms with Gasteiger partial charge in [-0.25, -0.2) is 4.98 Å². The highest BCUT2D eigenvalue weighted by Gasteiger charge is 2.18. The quantitative estimate of drug-likeness (QED) is 0.927. The van der Waals surface area contributed by atoms with Crippen LogP contribution in [0, 0.1) is 0 Å². The Balaban J connectivity index is 1.57. The Hall–Kier alpha value is -2.25. The molecule has 2 amide bonds. The molecule has 0 saturated carbocycles. The molecule has 1 saturated heterocycles. The third-order valence-corrected chi connectivity index (χ3v) is 4.31. The smallest absolute Gasteiger partial charge is 0.257 e. The van der Waals surface area contributed by atoms with Crippen LogP contribution in [-0.2, 0) is 16.0 Å². The van der Waals surface area contributed by atoms with E-state index in [1.54, 1.807) is 22.4 Å². The Bertz CT molecular complexity index is 681. The number of nitrogens with zero attached hydrogens (tertiary/aromatic N) is 2. The predicted molar refractivity (Wildman–Crippen MR) is 87.6 cm³/mol. The van der Waals surface area contributed by atoms with E-state index in [1.807, 2.05) is 18.2 Å². The Morgan fingerprint density at radius 2 is 1.96 bits per heavy atom. The van der Waals surface area contributed by atoms with Crippen LogP contribution in [0.5, 0.6) is 0 Å². The molecule has 3 rings (SSSR count). The second-order valence-corrected chi connectivity index (χ2v) is 5.99. The normalized spacial score (nSPS) is 14.5. The standard InChI is InChI=1S/C16H17N3O3S/c20-14(19-6-8-22-9-7-19)10-13-11-23-16(17-13)18-15(21)12-4-2-1-3-5-12/h1-5,11H,6-10H2,(H,17,18,21).